The molecule has 0 saturated carbocycles. The fourth-order valence-corrected chi connectivity index (χ4v) is 2.24. The lowest BCUT2D eigenvalue weighted by molar-refractivity contribution is 0.803. The lowest BCUT2D eigenvalue weighted by Gasteiger charge is -2.23. The zero-order chi connectivity index (χ0) is 15.1. The number of nitrogens with zero attached hydrogens (tertiary/aromatic N) is 3. The Morgan fingerprint density at radius 2 is 2.05 bits per heavy atom. The van der Waals surface area contributed by atoms with Gasteiger partial charge in [-0.1, -0.05) is 13.0 Å². The number of hydrogen-bond acceptors (Lipinski definition) is 4. The Labute approximate surface area is 127 Å². The second-order valence-electron chi connectivity index (χ2n) is 5.14. The third-order valence-corrected chi connectivity index (χ3v) is 3.35. The van der Waals surface area contributed by atoms with Crippen LogP contribution in [-0.4, -0.2) is 23.1 Å². The van der Waals surface area contributed by atoms with Crippen molar-refractivity contribution in [1.82, 2.24) is 9.97 Å². The van der Waals surface area contributed by atoms with Gasteiger partial charge in [0.2, 0.25) is 0 Å². The van der Waals surface area contributed by atoms with E-state index in [2.05, 4.69) is 52.2 Å². The van der Waals surface area contributed by atoms with E-state index >= 15 is 0 Å². The van der Waals surface area contributed by atoms with Crippen molar-refractivity contribution in [2.45, 2.75) is 33.7 Å². The van der Waals surface area contributed by atoms with Crippen molar-refractivity contribution in [3.05, 3.63) is 48.0 Å². The van der Waals surface area contributed by atoms with Crippen LogP contribution in [0.2, 0.25) is 0 Å². The number of hydrogen-bond donors (Lipinski definition) is 1. The molecule has 4 nitrogen and oxygen atoms in total. The highest BCUT2D eigenvalue weighted by molar-refractivity contribution is 5.55. The van der Waals surface area contributed by atoms with E-state index in [9.17, 15) is 0 Å². The minimum atomic E-state index is 0.803. The lowest BCUT2D eigenvalue weighted by Crippen LogP contribution is -2.23. The highest BCUT2D eigenvalue weighted by Crippen LogP contribution is 2.19. The molecule has 0 unspecified atom stereocenters. The summed E-state index contributed by atoms with van der Waals surface area (Å²) in [5, 5.41) is 3.38. The van der Waals surface area contributed by atoms with Gasteiger partial charge in [-0.3, -0.25) is 9.97 Å². The van der Waals surface area contributed by atoms with E-state index in [1.54, 1.807) is 0 Å². The van der Waals surface area contributed by atoms with Crippen molar-refractivity contribution in [2.75, 3.05) is 23.3 Å². The van der Waals surface area contributed by atoms with Gasteiger partial charge in [-0.25, -0.2) is 0 Å². The number of aromatic nitrogens is 2. The first-order valence-electron chi connectivity index (χ1n) is 7.59. The summed E-state index contributed by atoms with van der Waals surface area (Å²) < 4.78 is 0. The number of anilines is 2. The van der Waals surface area contributed by atoms with E-state index in [-0.39, 0.29) is 0 Å². The van der Waals surface area contributed by atoms with Crippen molar-refractivity contribution in [3.63, 3.8) is 0 Å². The van der Waals surface area contributed by atoms with Gasteiger partial charge in [0, 0.05) is 18.8 Å². The molecule has 2 heterocycles. The molecule has 0 bridgehead atoms. The summed E-state index contributed by atoms with van der Waals surface area (Å²) in [4.78, 5) is 11.2. The normalized spacial score (nSPS) is 10.4. The molecule has 0 amide bonds. The fraction of sp³-hybridized carbons (Fsp3) is 0.412. The van der Waals surface area contributed by atoms with Gasteiger partial charge in [0.05, 0.1) is 36.0 Å². The molecule has 0 radical (unpaired) electrons. The first kappa shape index (κ1) is 15.3. The molecule has 2 aromatic heterocycles. The Morgan fingerprint density at radius 3 is 2.76 bits per heavy atom. The van der Waals surface area contributed by atoms with Crippen molar-refractivity contribution in [1.29, 1.82) is 0 Å². The van der Waals surface area contributed by atoms with Crippen LogP contribution in [0.15, 0.2) is 36.7 Å². The SMILES string of the molecule is CCCNc1cncc(N(CC)Cc2cccc(C)n2)c1. The summed E-state index contributed by atoms with van der Waals surface area (Å²) in [6.07, 6.45) is 4.89. The molecular formula is C17H24N4. The van der Waals surface area contributed by atoms with Crippen LogP contribution in [0.5, 0.6) is 0 Å². The first-order valence-corrected chi connectivity index (χ1v) is 7.59. The monoisotopic (exact) mass is 284 g/mol. The van der Waals surface area contributed by atoms with Crippen LogP contribution in [0, 0.1) is 6.92 Å². The third-order valence-electron chi connectivity index (χ3n) is 3.35. The van der Waals surface area contributed by atoms with Gasteiger partial charge in [0.1, 0.15) is 0 Å². The van der Waals surface area contributed by atoms with Gasteiger partial charge in [-0.05, 0) is 38.5 Å². The molecule has 112 valence electrons. The second kappa shape index (κ2) is 7.62. The van der Waals surface area contributed by atoms with Crippen LogP contribution in [0.4, 0.5) is 11.4 Å². The van der Waals surface area contributed by atoms with E-state index in [1.165, 1.54) is 0 Å². The quantitative estimate of drug-likeness (QED) is 0.843. The zero-order valence-corrected chi connectivity index (χ0v) is 13.1. The van der Waals surface area contributed by atoms with Crippen molar-refractivity contribution in [2.24, 2.45) is 0 Å². The molecule has 0 atom stereocenters. The Morgan fingerprint density at radius 1 is 1.19 bits per heavy atom. The molecule has 2 aromatic rings. The van der Waals surface area contributed by atoms with E-state index in [0.29, 0.717) is 0 Å². The summed E-state index contributed by atoms with van der Waals surface area (Å²) in [6.45, 7) is 9.03. The Hall–Kier alpha value is -2.10. The Kier molecular flexibility index (Phi) is 5.55. The molecule has 0 aliphatic heterocycles. The summed E-state index contributed by atoms with van der Waals surface area (Å²) in [6, 6.07) is 8.31. The van der Waals surface area contributed by atoms with Crippen molar-refractivity contribution in [3.8, 4) is 0 Å². The van der Waals surface area contributed by atoms with Gasteiger partial charge < -0.3 is 10.2 Å². The fourth-order valence-electron chi connectivity index (χ4n) is 2.24. The van der Waals surface area contributed by atoms with Crippen molar-refractivity contribution >= 4 is 11.4 Å². The van der Waals surface area contributed by atoms with Gasteiger partial charge in [0.25, 0.3) is 0 Å². The van der Waals surface area contributed by atoms with Crippen molar-refractivity contribution < 1.29 is 0 Å². The minimum absolute atomic E-state index is 0.803. The molecule has 21 heavy (non-hydrogen) atoms. The highest BCUT2D eigenvalue weighted by Gasteiger charge is 2.07. The largest absolute Gasteiger partial charge is 0.384 e. The highest BCUT2D eigenvalue weighted by atomic mass is 15.1. The molecular weight excluding hydrogens is 260 g/mol. The Balaban J connectivity index is 2.13. The molecule has 0 aromatic carbocycles. The minimum Gasteiger partial charge on any atom is -0.384 e. The van der Waals surface area contributed by atoms with Crippen LogP contribution in [-0.2, 0) is 6.54 Å². The Bertz CT molecular complexity index is 568. The molecule has 0 saturated heterocycles. The molecule has 0 aliphatic rings. The molecule has 4 heteroatoms. The summed E-state index contributed by atoms with van der Waals surface area (Å²) in [7, 11) is 0. The molecule has 0 fully saturated rings. The summed E-state index contributed by atoms with van der Waals surface area (Å²) >= 11 is 0. The molecule has 0 aliphatic carbocycles. The predicted molar refractivity (Wildman–Crippen MR) is 88.7 cm³/mol. The first-order chi connectivity index (χ1) is 10.2. The lowest BCUT2D eigenvalue weighted by atomic mass is 10.2. The molecule has 0 spiro atoms. The summed E-state index contributed by atoms with van der Waals surface area (Å²) in [5.74, 6) is 0. The van der Waals surface area contributed by atoms with Crippen LogP contribution < -0.4 is 10.2 Å². The average Bonchev–Trinajstić information content (AvgIpc) is 2.51. The third kappa shape index (κ3) is 4.45. The van der Waals surface area contributed by atoms with Gasteiger partial charge in [-0.2, -0.15) is 0 Å². The smallest absolute Gasteiger partial charge is 0.0602 e. The van der Waals surface area contributed by atoms with Gasteiger partial charge in [-0.15, -0.1) is 0 Å². The predicted octanol–water partition coefficient (Wildman–Crippen LogP) is 3.63. The van der Waals surface area contributed by atoms with Crippen LogP contribution >= 0.6 is 0 Å². The maximum Gasteiger partial charge on any atom is 0.0602 e. The summed E-state index contributed by atoms with van der Waals surface area (Å²) in [5.41, 5.74) is 4.34. The van der Waals surface area contributed by atoms with Gasteiger partial charge in [0.15, 0.2) is 0 Å². The van der Waals surface area contributed by atoms with E-state index in [4.69, 9.17) is 0 Å². The maximum absolute atomic E-state index is 4.58. The number of pyridine rings is 2. The van der Waals surface area contributed by atoms with Crippen LogP contribution in [0.25, 0.3) is 0 Å². The van der Waals surface area contributed by atoms with Gasteiger partial charge >= 0.3 is 0 Å². The van der Waals surface area contributed by atoms with E-state index in [1.807, 2.05) is 25.4 Å². The second-order valence-corrected chi connectivity index (χ2v) is 5.14. The number of nitrogens with one attached hydrogen (secondary N) is 1. The standard InChI is InChI=1S/C17H24N4/c1-4-9-19-16-10-17(12-18-11-16)21(5-2)13-15-8-6-7-14(3)20-15/h6-8,10-12,19H,4-5,9,13H2,1-3H3. The van der Waals surface area contributed by atoms with Crippen LogP contribution in [0.3, 0.4) is 0 Å². The molecule has 1 N–H and O–H groups in total. The zero-order valence-electron chi connectivity index (χ0n) is 13.1. The van der Waals surface area contributed by atoms with E-state index < -0.39 is 0 Å². The number of aryl methyl sites for hydroxylation is 1. The van der Waals surface area contributed by atoms with Crippen LogP contribution in [0.1, 0.15) is 31.7 Å². The number of rotatable bonds is 7. The van der Waals surface area contributed by atoms with E-state index in [0.717, 1.165) is 48.8 Å². The average molecular weight is 284 g/mol. The topological polar surface area (TPSA) is 41.1 Å². The molecule has 2 rings (SSSR count). The maximum atomic E-state index is 4.58.